The van der Waals surface area contributed by atoms with Gasteiger partial charge in [-0.2, -0.15) is 0 Å². The normalized spacial score (nSPS) is 25.3. The summed E-state index contributed by atoms with van der Waals surface area (Å²) in [6.07, 6.45) is 1.00. The fraction of sp³-hybridized carbons (Fsp3) is 0.625. The quantitative estimate of drug-likeness (QED) is 0.581. The fourth-order valence-electron chi connectivity index (χ4n) is 3.78. The van der Waals surface area contributed by atoms with Crippen molar-refractivity contribution in [2.75, 3.05) is 50.5 Å². The van der Waals surface area contributed by atoms with Gasteiger partial charge in [0, 0.05) is 38.5 Å². The van der Waals surface area contributed by atoms with Crippen molar-refractivity contribution >= 4 is 21.2 Å². The summed E-state index contributed by atoms with van der Waals surface area (Å²) in [6.45, 7) is 6.56. The van der Waals surface area contributed by atoms with Crippen LogP contribution in [0.5, 0.6) is 0 Å². The van der Waals surface area contributed by atoms with Crippen molar-refractivity contribution in [3.8, 4) is 0 Å². The van der Waals surface area contributed by atoms with E-state index in [0.29, 0.717) is 37.9 Å². The number of nitro benzene ring substituents is 1. The molecule has 0 spiro atoms. The maximum Gasteiger partial charge on any atom is 0.311 e. The summed E-state index contributed by atoms with van der Waals surface area (Å²) in [5.41, 5.74) is 0.0651. The first-order valence-electron chi connectivity index (χ1n) is 8.33. The highest BCUT2D eigenvalue weighted by molar-refractivity contribution is 7.90. The van der Waals surface area contributed by atoms with Gasteiger partial charge in [0.15, 0.2) is 9.84 Å². The van der Waals surface area contributed by atoms with Crippen LogP contribution in [-0.4, -0.2) is 69.9 Å². The lowest BCUT2D eigenvalue weighted by Crippen LogP contribution is -2.46. The highest BCUT2D eigenvalue weighted by atomic mass is 32.2. The second-order valence-corrected chi connectivity index (χ2v) is 8.74. The van der Waals surface area contributed by atoms with Crippen molar-refractivity contribution in [2.24, 2.45) is 5.92 Å². The summed E-state index contributed by atoms with van der Waals surface area (Å²) in [6, 6.07) is 4.80. The molecule has 138 valence electrons. The molecular formula is C16H23N3O5S. The lowest BCUT2D eigenvalue weighted by molar-refractivity contribution is -0.387. The van der Waals surface area contributed by atoms with Gasteiger partial charge in [0.25, 0.3) is 0 Å². The summed E-state index contributed by atoms with van der Waals surface area (Å²) >= 11 is 0. The average Bonchev–Trinajstić information content (AvgIpc) is 2.96. The first-order valence-corrected chi connectivity index (χ1v) is 10.2. The van der Waals surface area contributed by atoms with E-state index in [1.807, 2.05) is 4.90 Å². The van der Waals surface area contributed by atoms with Crippen LogP contribution < -0.4 is 4.90 Å². The molecule has 2 saturated heterocycles. The molecule has 3 rings (SSSR count). The van der Waals surface area contributed by atoms with Gasteiger partial charge >= 0.3 is 5.69 Å². The molecule has 8 nitrogen and oxygen atoms in total. The van der Waals surface area contributed by atoms with E-state index in [0.717, 1.165) is 19.3 Å². The van der Waals surface area contributed by atoms with Gasteiger partial charge in [0.05, 0.1) is 18.1 Å². The Kier molecular flexibility index (Phi) is 4.99. The average molecular weight is 369 g/mol. The lowest BCUT2D eigenvalue weighted by atomic mass is 10.0. The molecule has 0 N–H and O–H groups in total. The molecule has 25 heavy (non-hydrogen) atoms. The molecule has 0 amide bonds. The fourth-order valence-corrected chi connectivity index (χ4v) is 4.64. The van der Waals surface area contributed by atoms with E-state index in [2.05, 4.69) is 11.8 Å². The highest BCUT2D eigenvalue weighted by Crippen LogP contribution is 2.37. The number of para-hydroxylation sites is 1. The minimum atomic E-state index is -3.67. The van der Waals surface area contributed by atoms with E-state index in [1.165, 1.54) is 6.07 Å². The number of benzene rings is 1. The van der Waals surface area contributed by atoms with Gasteiger partial charge in [0.1, 0.15) is 10.6 Å². The summed E-state index contributed by atoms with van der Waals surface area (Å²) in [4.78, 5) is 15.1. The van der Waals surface area contributed by atoms with Crippen molar-refractivity contribution < 1.29 is 18.1 Å². The highest BCUT2D eigenvalue weighted by Gasteiger charge is 2.38. The van der Waals surface area contributed by atoms with Crippen molar-refractivity contribution in [3.05, 3.63) is 28.3 Å². The van der Waals surface area contributed by atoms with E-state index in [-0.39, 0.29) is 16.6 Å². The minimum absolute atomic E-state index is 0.225. The largest absolute Gasteiger partial charge is 0.379 e. The molecule has 2 atom stereocenters. The minimum Gasteiger partial charge on any atom is -0.379 e. The van der Waals surface area contributed by atoms with Crippen LogP contribution in [-0.2, 0) is 14.6 Å². The molecule has 2 heterocycles. The van der Waals surface area contributed by atoms with Gasteiger partial charge in [-0.05, 0) is 18.1 Å². The third-order valence-corrected chi connectivity index (χ3v) is 6.12. The van der Waals surface area contributed by atoms with Gasteiger partial charge in [-0.3, -0.25) is 15.0 Å². The van der Waals surface area contributed by atoms with Gasteiger partial charge in [0.2, 0.25) is 0 Å². The maximum atomic E-state index is 12.0. The summed E-state index contributed by atoms with van der Waals surface area (Å²) < 4.78 is 29.3. The van der Waals surface area contributed by atoms with Crippen molar-refractivity contribution in [3.63, 3.8) is 0 Å². The zero-order valence-electron chi connectivity index (χ0n) is 14.4. The Balaban J connectivity index is 1.93. The molecule has 9 heteroatoms. The molecule has 0 bridgehead atoms. The Morgan fingerprint density at radius 1 is 1.24 bits per heavy atom. The van der Waals surface area contributed by atoms with Gasteiger partial charge in [-0.25, -0.2) is 8.42 Å². The third kappa shape index (κ3) is 3.63. The summed E-state index contributed by atoms with van der Waals surface area (Å²) in [5.74, 6) is 0.333. The molecule has 1 aromatic rings. The number of hydrogen-bond acceptors (Lipinski definition) is 7. The van der Waals surface area contributed by atoms with Gasteiger partial charge in [-0.1, -0.05) is 13.0 Å². The van der Waals surface area contributed by atoms with Gasteiger partial charge in [-0.15, -0.1) is 0 Å². The van der Waals surface area contributed by atoms with E-state index >= 15 is 0 Å². The molecular weight excluding hydrogens is 346 g/mol. The van der Waals surface area contributed by atoms with E-state index in [1.54, 1.807) is 12.1 Å². The number of ether oxygens (including phenoxy) is 1. The molecule has 0 aliphatic carbocycles. The third-order valence-electron chi connectivity index (χ3n) is 4.99. The van der Waals surface area contributed by atoms with Crippen molar-refractivity contribution in [1.29, 1.82) is 0 Å². The molecule has 1 aromatic carbocycles. The number of hydrogen-bond donors (Lipinski definition) is 0. The number of nitrogens with zero attached hydrogens (tertiary/aromatic N) is 3. The molecule has 2 unspecified atom stereocenters. The molecule has 0 saturated carbocycles. The molecule has 2 fully saturated rings. The van der Waals surface area contributed by atoms with Crippen LogP contribution in [0.15, 0.2) is 23.1 Å². The number of nitro groups is 1. The van der Waals surface area contributed by atoms with Crippen LogP contribution >= 0.6 is 0 Å². The first kappa shape index (κ1) is 18.1. The van der Waals surface area contributed by atoms with E-state index in [9.17, 15) is 18.5 Å². The Hall–Kier alpha value is -1.71. The van der Waals surface area contributed by atoms with Crippen LogP contribution in [0.1, 0.15) is 6.92 Å². The maximum absolute atomic E-state index is 12.0. The van der Waals surface area contributed by atoms with Crippen LogP contribution in [0.4, 0.5) is 11.4 Å². The topological polar surface area (TPSA) is 93.0 Å². The van der Waals surface area contributed by atoms with E-state index in [4.69, 9.17) is 4.74 Å². The van der Waals surface area contributed by atoms with Crippen LogP contribution in [0.3, 0.4) is 0 Å². The number of morpholine rings is 1. The lowest BCUT2D eigenvalue weighted by Gasteiger charge is -2.34. The predicted molar refractivity (Wildman–Crippen MR) is 93.8 cm³/mol. The molecule has 2 aliphatic rings. The molecule has 2 aliphatic heterocycles. The second-order valence-electron chi connectivity index (χ2n) is 6.75. The van der Waals surface area contributed by atoms with E-state index < -0.39 is 14.8 Å². The number of anilines is 1. The Labute approximate surface area is 147 Å². The predicted octanol–water partition coefficient (Wildman–Crippen LogP) is 1.16. The molecule has 0 aromatic heterocycles. The zero-order chi connectivity index (χ0) is 18.2. The van der Waals surface area contributed by atoms with Crippen LogP contribution in [0.25, 0.3) is 0 Å². The zero-order valence-corrected chi connectivity index (χ0v) is 15.2. The SMILES string of the molecule is CC1CN(c2cccc(S(C)(=O)=O)c2[N+](=O)[O-])CC1N1CCOCC1. The number of rotatable bonds is 4. The van der Waals surface area contributed by atoms with Crippen LogP contribution in [0, 0.1) is 16.0 Å². The van der Waals surface area contributed by atoms with Crippen molar-refractivity contribution in [1.82, 2.24) is 4.90 Å². The Bertz CT molecular complexity index is 761. The van der Waals surface area contributed by atoms with Crippen molar-refractivity contribution in [2.45, 2.75) is 17.9 Å². The standard InChI is InChI=1S/C16H23N3O5S/c1-12-10-18(11-14(12)17-6-8-24-9-7-17)13-4-3-5-15(25(2,22)23)16(13)19(20)21/h3-5,12,14H,6-11H2,1-2H3. The van der Waals surface area contributed by atoms with Crippen LogP contribution in [0.2, 0.25) is 0 Å². The second kappa shape index (κ2) is 6.89. The first-order chi connectivity index (χ1) is 11.8. The summed E-state index contributed by atoms with van der Waals surface area (Å²) in [7, 11) is -3.67. The van der Waals surface area contributed by atoms with Gasteiger partial charge < -0.3 is 9.64 Å². The Morgan fingerprint density at radius 2 is 1.92 bits per heavy atom. The monoisotopic (exact) mass is 369 g/mol. The number of sulfone groups is 1. The molecule has 0 radical (unpaired) electrons. The Morgan fingerprint density at radius 3 is 2.52 bits per heavy atom. The smallest absolute Gasteiger partial charge is 0.311 e. The summed E-state index contributed by atoms with van der Waals surface area (Å²) in [5, 5.41) is 11.6.